The summed E-state index contributed by atoms with van der Waals surface area (Å²) in [5, 5.41) is 3.37. The number of piperazine rings is 1. The Morgan fingerprint density at radius 2 is 2.25 bits per heavy atom. The fraction of sp³-hybridized carbons (Fsp3) is 0.688. The van der Waals surface area contributed by atoms with Gasteiger partial charge in [0.15, 0.2) is 0 Å². The molecule has 2 unspecified atom stereocenters. The monoisotopic (exact) mass is 334 g/mol. The molecule has 2 aliphatic heterocycles. The molecule has 3 heterocycles. The third-order valence-corrected chi connectivity index (χ3v) is 5.03. The number of primary amides is 1. The Balaban J connectivity index is 1.65. The molecule has 0 aromatic carbocycles. The van der Waals surface area contributed by atoms with Gasteiger partial charge in [0.1, 0.15) is 5.82 Å². The van der Waals surface area contributed by atoms with Crippen molar-refractivity contribution in [2.75, 3.05) is 39.3 Å². The molecule has 0 aliphatic carbocycles. The van der Waals surface area contributed by atoms with Gasteiger partial charge in [0.2, 0.25) is 11.8 Å². The van der Waals surface area contributed by atoms with Gasteiger partial charge in [0, 0.05) is 52.2 Å². The van der Waals surface area contributed by atoms with E-state index in [1.165, 1.54) is 0 Å². The van der Waals surface area contributed by atoms with Gasteiger partial charge in [-0.25, -0.2) is 4.98 Å². The minimum atomic E-state index is -0.305. The van der Waals surface area contributed by atoms with E-state index in [1.807, 2.05) is 17.8 Å². The van der Waals surface area contributed by atoms with Crippen LogP contribution in [0.5, 0.6) is 0 Å². The molecule has 1 aromatic rings. The van der Waals surface area contributed by atoms with Gasteiger partial charge >= 0.3 is 0 Å². The summed E-state index contributed by atoms with van der Waals surface area (Å²) in [6.07, 6.45) is 5.32. The Morgan fingerprint density at radius 3 is 2.96 bits per heavy atom. The Bertz CT molecular complexity index is 601. The number of piperidine rings is 1. The van der Waals surface area contributed by atoms with Gasteiger partial charge in [-0.1, -0.05) is 0 Å². The molecule has 2 aliphatic rings. The van der Waals surface area contributed by atoms with Gasteiger partial charge in [0.05, 0.1) is 18.5 Å². The fourth-order valence-electron chi connectivity index (χ4n) is 3.60. The molecule has 0 radical (unpaired) electrons. The molecule has 0 spiro atoms. The number of hydrogen-bond donors (Lipinski definition) is 2. The van der Waals surface area contributed by atoms with Gasteiger partial charge in [-0.05, 0) is 12.8 Å². The summed E-state index contributed by atoms with van der Waals surface area (Å²) < 4.78 is 2.00. The van der Waals surface area contributed by atoms with Crippen LogP contribution in [-0.4, -0.2) is 70.4 Å². The second-order valence-electron chi connectivity index (χ2n) is 6.67. The van der Waals surface area contributed by atoms with Crippen molar-refractivity contribution in [1.29, 1.82) is 0 Å². The zero-order valence-electron chi connectivity index (χ0n) is 14.1. The van der Waals surface area contributed by atoms with Crippen molar-refractivity contribution >= 4 is 11.8 Å². The smallest absolute Gasteiger partial charge is 0.236 e. The number of imidazole rings is 1. The van der Waals surface area contributed by atoms with Crippen LogP contribution in [0.1, 0.15) is 24.7 Å². The third kappa shape index (κ3) is 3.59. The lowest BCUT2D eigenvalue weighted by molar-refractivity contribution is -0.136. The number of aromatic nitrogens is 2. The summed E-state index contributed by atoms with van der Waals surface area (Å²) in [5.41, 5.74) is 5.41. The zero-order valence-corrected chi connectivity index (χ0v) is 14.1. The standard InChI is InChI=1S/C16H26N6O2/c1-20-7-5-19-16(20)13-9-18-4-8-21(13)11-14(23)22-6-2-3-12(10-22)15(17)24/h5,7,12-13,18H,2-4,6,8-11H2,1H3,(H2,17,24). The Kier molecular flexibility index (Phi) is 5.15. The summed E-state index contributed by atoms with van der Waals surface area (Å²) >= 11 is 0. The molecule has 0 saturated carbocycles. The second-order valence-corrected chi connectivity index (χ2v) is 6.67. The molecule has 24 heavy (non-hydrogen) atoms. The lowest BCUT2D eigenvalue weighted by Crippen LogP contribution is -2.52. The minimum Gasteiger partial charge on any atom is -0.369 e. The highest BCUT2D eigenvalue weighted by Crippen LogP contribution is 2.21. The number of carbonyl (C=O) groups excluding carboxylic acids is 2. The van der Waals surface area contributed by atoms with Crippen LogP contribution in [-0.2, 0) is 16.6 Å². The number of likely N-dealkylation sites (tertiary alicyclic amines) is 1. The van der Waals surface area contributed by atoms with E-state index >= 15 is 0 Å². The number of nitrogens with one attached hydrogen (secondary N) is 1. The molecular weight excluding hydrogens is 308 g/mol. The van der Waals surface area contributed by atoms with Crippen LogP contribution in [0.2, 0.25) is 0 Å². The van der Waals surface area contributed by atoms with E-state index in [4.69, 9.17) is 5.73 Å². The van der Waals surface area contributed by atoms with Crippen molar-refractivity contribution in [1.82, 2.24) is 24.7 Å². The third-order valence-electron chi connectivity index (χ3n) is 5.03. The number of hydrogen-bond acceptors (Lipinski definition) is 5. The van der Waals surface area contributed by atoms with E-state index in [1.54, 1.807) is 11.1 Å². The van der Waals surface area contributed by atoms with Crippen LogP contribution in [0, 0.1) is 5.92 Å². The first-order valence-electron chi connectivity index (χ1n) is 8.55. The van der Waals surface area contributed by atoms with Crippen molar-refractivity contribution in [3.8, 4) is 0 Å². The van der Waals surface area contributed by atoms with Crippen molar-refractivity contribution in [2.45, 2.75) is 18.9 Å². The number of carbonyl (C=O) groups is 2. The van der Waals surface area contributed by atoms with Gasteiger partial charge in [0.25, 0.3) is 0 Å². The second kappa shape index (κ2) is 7.31. The van der Waals surface area contributed by atoms with Crippen molar-refractivity contribution in [2.24, 2.45) is 18.7 Å². The number of nitrogens with zero attached hydrogens (tertiary/aromatic N) is 4. The number of aryl methyl sites for hydroxylation is 1. The molecule has 2 atom stereocenters. The Hall–Kier alpha value is -1.93. The molecule has 2 saturated heterocycles. The molecular formula is C16H26N6O2. The molecule has 1 aromatic heterocycles. The highest BCUT2D eigenvalue weighted by Gasteiger charge is 2.32. The van der Waals surface area contributed by atoms with E-state index < -0.39 is 0 Å². The van der Waals surface area contributed by atoms with Crippen molar-refractivity contribution in [3.63, 3.8) is 0 Å². The average Bonchev–Trinajstić information content (AvgIpc) is 3.01. The topological polar surface area (TPSA) is 96.5 Å². The van der Waals surface area contributed by atoms with E-state index in [2.05, 4.69) is 15.2 Å². The quantitative estimate of drug-likeness (QED) is 0.743. The van der Waals surface area contributed by atoms with Gasteiger partial charge in [-0.3, -0.25) is 14.5 Å². The number of rotatable bonds is 4. The van der Waals surface area contributed by atoms with E-state index in [0.29, 0.717) is 19.6 Å². The van der Waals surface area contributed by atoms with Crippen molar-refractivity contribution < 1.29 is 9.59 Å². The first-order chi connectivity index (χ1) is 11.6. The first kappa shape index (κ1) is 16.9. The van der Waals surface area contributed by atoms with Crippen LogP contribution in [0.3, 0.4) is 0 Å². The SMILES string of the molecule is Cn1ccnc1C1CNCCN1CC(=O)N1CCCC(C(N)=O)C1. The molecule has 8 heteroatoms. The molecule has 8 nitrogen and oxygen atoms in total. The Morgan fingerprint density at radius 1 is 1.42 bits per heavy atom. The van der Waals surface area contributed by atoms with Crippen molar-refractivity contribution in [3.05, 3.63) is 18.2 Å². The van der Waals surface area contributed by atoms with Crippen LogP contribution >= 0.6 is 0 Å². The summed E-state index contributed by atoms with van der Waals surface area (Å²) in [5.74, 6) is 0.516. The average molecular weight is 334 g/mol. The molecule has 3 rings (SSSR count). The molecule has 132 valence electrons. The predicted octanol–water partition coefficient (Wildman–Crippen LogP) is -0.910. The zero-order chi connectivity index (χ0) is 17.1. The molecule has 0 bridgehead atoms. The summed E-state index contributed by atoms with van der Waals surface area (Å²) in [6, 6.07) is 0.0828. The Labute approximate surface area is 142 Å². The minimum absolute atomic E-state index is 0.0714. The van der Waals surface area contributed by atoms with Gasteiger partial charge < -0.3 is 20.5 Å². The maximum Gasteiger partial charge on any atom is 0.236 e. The van der Waals surface area contributed by atoms with E-state index in [0.717, 1.165) is 38.3 Å². The first-order valence-corrected chi connectivity index (χ1v) is 8.55. The maximum absolute atomic E-state index is 12.7. The highest BCUT2D eigenvalue weighted by molar-refractivity contribution is 5.81. The summed E-state index contributed by atoms with van der Waals surface area (Å²) in [7, 11) is 1.97. The number of amides is 2. The van der Waals surface area contributed by atoms with Crippen LogP contribution < -0.4 is 11.1 Å². The fourth-order valence-corrected chi connectivity index (χ4v) is 3.60. The highest BCUT2D eigenvalue weighted by atomic mass is 16.2. The van der Waals surface area contributed by atoms with Gasteiger partial charge in [-0.15, -0.1) is 0 Å². The predicted molar refractivity (Wildman–Crippen MR) is 88.9 cm³/mol. The van der Waals surface area contributed by atoms with E-state index in [9.17, 15) is 9.59 Å². The van der Waals surface area contributed by atoms with Gasteiger partial charge in [-0.2, -0.15) is 0 Å². The van der Waals surface area contributed by atoms with Crippen LogP contribution in [0.4, 0.5) is 0 Å². The normalized spacial score (nSPS) is 25.6. The summed E-state index contributed by atoms with van der Waals surface area (Å²) in [6.45, 7) is 3.95. The number of nitrogens with two attached hydrogens (primary N) is 1. The molecule has 2 amide bonds. The maximum atomic E-state index is 12.7. The lowest BCUT2D eigenvalue weighted by Gasteiger charge is -2.38. The molecule has 2 fully saturated rings. The largest absolute Gasteiger partial charge is 0.369 e. The summed E-state index contributed by atoms with van der Waals surface area (Å²) in [4.78, 5) is 32.5. The lowest BCUT2D eigenvalue weighted by atomic mass is 9.97. The molecule has 3 N–H and O–H groups in total. The van der Waals surface area contributed by atoms with Crippen LogP contribution in [0.25, 0.3) is 0 Å². The van der Waals surface area contributed by atoms with Crippen LogP contribution in [0.15, 0.2) is 12.4 Å². The van der Waals surface area contributed by atoms with E-state index in [-0.39, 0.29) is 23.8 Å².